The highest BCUT2D eigenvalue weighted by Gasteiger charge is 2.51. The van der Waals surface area contributed by atoms with Crippen molar-refractivity contribution in [3.05, 3.63) is 34.3 Å². The number of alkyl halides is 1. The Bertz CT molecular complexity index is 489. The summed E-state index contributed by atoms with van der Waals surface area (Å²) < 4.78 is 1.17. The van der Waals surface area contributed by atoms with Crippen LogP contribution >= 0.6 is 27.5 Å². The third kappa shape index (κ3) is 3.06. The molecule has 4 fully saturated rings. The predicted molar refractivity (Wildman–Crippen MR) is 92.7 cm³/mol. The van der Waals surface area contributed by atoms with E-state index in [1.807, 2.05) is 0 Å². The largest absolute Gasteiger partial charge is 0.123 e. The van der Waals surface area contributed by atoms with Crippen LogP contribution in [0.3, 0.4) is 0 Å². The van der Waals surface area contributed by atoms with Gasteiger partial charge in [-0.05, 0) is 92.2 Å². The second-order valence-corrected chi connectivity index (χ2v) is 9.59. The van der Waals surface area contributed by atoms with Gasteiger partial charge in [0.2, 0.25) is 0 Å². The Labute approximate surface area is 141 Å². The molecule has 1 aromatic carbocycles. The van der Waals surface area contributed by atoms with Crippen molar-refractivity contribution in [2.75, 3.05) is 0 Å². The minimum absolute atomic E-state index is 0.301. The Kier molecular flexibility index (Phi) is 3.86. The normalized spacial score (nSPS) is 38.7. The van der Waals surface area contributed by atoms with E-state index < -0.39 is 0 Å². The summed E-state index contributed by atoms with van der Waals surface area (Å²) in [7, 11) is 0. The molecule has 0 aromatic heterocycles. The molecule has 2 heteroatoms. The molecule has 0 saturated heterocycles. The van der Waals surface area contributed by atoms with Gasteiger partial charge in [0, 0.05) is 9.85 Å². The number of benzene rings is 1. The van der Waals surface area contributed by atoms with Gasteiger partial charge in [-0.1, -0.05) is 28.1 Å². The van der Waals surface area contributed by atoms with E-state index in [4.69, 9.17) is 11.6 Å². The van der Waals surface area contributed by atoms with Gasteiger partial charge in [0.25, 0.3) is 0 Å². The average molecular weight is 368 g/mol. The van der Waals surface area contributed by atoms with Crippen LogP contribution in [0.4, 0.5) is 0 Å². The van der Waals surface area contributed by atoms with E-state index >= 15 is 0 Å². The molecule has 21 heavy (non-hydrogen) atoms. The Hall–Kier alpha value is -0.0100. The minimum atomic E-state index is 0.301. The maximum atomic E-state index is 6.79. The number of hydrogen-bond donors (Lipinski definition) is 0. The minimum Gasteiger partial charge on any atom is -0.123 e. The Morgan fingerprint density at radius 3 is 2.29 bits per heavy atom. The molecule has 0 spiro atoms. The van der Waals surface area contributed by atoms with E-state index in [-0.39, 0.29) is 0 Å². The molecule has 1 unspecified atom stereocenters. The van der Waals surface area contributed by atoms with Gasteiger partial charge in [0.05, 0.1) is 0 Å². The molecule has 5 rings (SSSR count). The summed E-state index contributed by atoms with van der Waals surface area (Å²) in [6.07, 6.45) is 11.3. The van der Waals surface area contributed by atoms with Crippen LogP contribution in [0.25, 0.3) is 0 Å². The number of hydrogen-bond acceptors (Lipinski definition) is 0. The van der Waals surface area contributed by atoms with Crippen molar-refractivity contribution in [1.29, 1.82) is 0 Å². The molecule has 0 amide bonds. The fraction of sp³-hybridized carbons (Fsp3) is 0.684. The highest BCUT2D eigenvalue weighted by Crippen LogP contribution is 2.61. The highest BCUT2D eigenvalue weighted by atomic mass is 79.9. The first-order valence-corrected chi connectivity index (χ1v) is 9.72. The smallest absolute Gasteiger partial charge is 0.0381 e. The summed E-state index contributed by atoms with van der Waals surface area (Å²) in [5, 5.41) is 0.301. The molecule has 4 bridgehead atoms. The van der Waals surface area contributed by atoms with Gasteiger partial charge in [-0.2, -0.15) is 0 Å². The SMILES string of the molecule is ClC(Cc1cccc(Br)c1)CC12CC3CC(CC(C3)C1)C2. The molecule has 1 aromatic rings. The monoisotopic (exact) mass is 366 g/mol. The van der Waals surface area contributed by atoms with Crippen LogP contribution in [0.1, 0.15) is 50.5 Å². The van der Waals surface area contributed by atoms with Gasteiger partial charge in [0.15, 0.2) is 0 Å². The van der Waals surface area contributed by atoms with Crippen molar-refractivity contribution in [1.82, 2.24) is 0 Å². The van der Waals surface area contributed by atoms with E-state index in [2.05, 4.69) is 40.2 Å². The van der Waals surface area contributed by atoms with E-state index in [1.165, 1.54) is 55.0 Å². The van der Waals surface area contributed by atoms with Crippen molar-refractivity contribution in [3.8, 4) is 0 Å². The molecule has 0 heterocycles. The molecule has 4 saturated carbocycles. The first-order valence-electron chi connectivity index (χ1n) is 8.49. The quantitative estimate of drug-likeness (QED) is 0.555. The van der Waals surface area contributed by atoms with E-state index in [1.54, 1.807) is 0 Å². The van der Waals surface area contributed by atoms with Crippen molar-refractivity contribution >= 4 is 27.5 Å². The fourth-order valence-corrected chi connectivity index (χ4v) is 6.95. The molecular weight excluding hydrogens is 344 g/mol. The second kappa shape index (κ2) is 5.57. The van der Waals surface area contributed by atoms with Crippen LogP contribution in [-0.2, 0) is 6.42 Å². The molecule has 0 radical (unpaired) electrons. The molecule has 114 valence electrons. The molecular formula is C19H24BrCl. The third-order valence-corrected chi connectivity index (χ3v) is 6.97. The highest BCUT2D eigenvalue weighted by molar-refractivity contribution is 9.10. The van der Waals surface area contributed by atoms with Gasteiger partial charge < -0.3 is 0 Å². The lowest BCUT2D eigenvalue weighted by molar-refractivity contribution is -0.0574. The van der Waals surface area contributed by atoms with Crippen molar-refractivity contribution in [3.63, 3.8) is 0 Å². The molecule has 4 aliphatic rings. The van der Waals surface area contributed by atoms with Crippen LogP contribution in [0.2, 0.25) is 0 Å². The van der Waals surface area contributed by atoms with E-state index in [9.17, 15) is 0 Å². The summed E-state index contributed by atoms with van der Waals surface area (Å²) in [6, 6.07) is 8.63. The van der Waals surface area contributed by atoms with E-state index in [0.29, 0.717) is 10.8 Å². The van der Waals surface area contributed by atoms with Crippen LogP contribution in [0.15, 0.2) is 28.7 Å². The van der Waals surface area contributed by atoms with Crippen molar-refractivity contribution in [2.24, 2.45) is 23.2 Å². The van der Waals surface area contributed by atoms with Crippen LogP contribution in [0, 0.1) is 23.2 Å². The van der Waals surface area contributed by atoms with Crippen LogP contribution < -0.4 is 0 Å². The summed E-state index contributed by atoms with van der Waals surface area (Å²) in [4.78, 5) is 0. The maximum absolute atomic E-state index is 6.79. The van der Waals surface area contributed by atoms with E-state index in [0.717, 1.165) is 24.2 Å². The van der Waals surface area contributed by atoms with Crippen LogP contribution in [-0.4, -0.2) is 5.38 Å². The van der Waals surface area contributed by atoms with Gasteiger partial charge in [-0.25, -0.2) is 0 Å². The topological polar surface area (TPSA) is 0 Å². The third-order valence-electron chi connectivity index (χ3n) is 6.17. The van der Waals surface area contributed by atoms with Crippen LogP contribution in [0.5, 0.6) is 0 Å². The Morgan fingerprint density at radius 2 is 1.71 bits per heavy atom. The Morgan fingerprint density at radius 1 is 1.10 bits per heavy atom. The number of rotatable bonds is 4. The lowest BCUT2D eigenvalue weighted by Crippen LogP contribution is -2.47. The summed E-state index contributed by atoms with van der Waals surface area (Å²) in [5.74, 6) is 3.10. The van der Waals surface area contributed by atoms with Gasteiger partial charge in [0.1, 0.15) is 0 Å². The lowest BCUT2D eigenvalue weighted by atomic mass is 9.48. The Balaban J connectivity index is 1.43. The molecule has 0 aliphatic heterocycles. The number of halogens is 2. The van der Waals surface area contributed by atoms with Gasteiger partial charge >= 0.3 is 0 Å². The fourth-order valence-electron chi connectivity index (χ4n) is 6.00. The van der Waals surface area contributed by atoms with Crippen molar-refractivity contribution < 1.29 is 0 Å². The zero-order valence-corrected chi connectivity index (χ0v) is 14.9. The van der Waals surface area contributed by atoms with Gasteiger partial charge in [-0.3, -0.25) is 0 Å². The summed E-state index contributed by atoms with van der Waals surface area (Å²) >= 11 is 10.4. The zero-order valence-electron chi connectivity index (χ0n) is 12.5. The predicted octanol–water partition coefficient (Wildman–Crippen LogP) is 6.21. The van der Waals surface area contributed by atoms with Gasteiger partial charge in [-0.15, -0.1) is 11.6 Å². The first-order chi connectivity index (χ1) is 10.1. The first kappa shape index (κ1) is 14.6. The molecule has 0 N–H and O–H groups in total. The molecule has 4 aliphatic carbocycles. The maximum Gasteiger partial charge on any atom is 0.0381 e. The lowest BCUT2D eigenvalue weighted by Gasteiger charge is -2.57. The average Bonchev–Trinajstić information content (AvgIpc) is 2.35. The van der Waals surface area contributed by atoms with Crippen molar-refractivity contribution in [2.45, 2.75) is 56.7 Å². The summed E-state index contributed by atoms with van der Waals surface area (Å²) in [5.41, 5.74) is 1.97. The second-order valence-electron chi connectivity index (χ2n) is 8.05. The molecule has 0 nitrogen and oxygen atoms in total. The summed E-state index contributed by atoms with van der Waals surface area (Å²) in [6.45, 7) is 0. The standard InChI is InChI=1S/C19H24BrCl/c20-17-3-1-2-13(7-17)8-18(21)12-19-9-14-4-15(10-19)6-16(5-14)11-19/h1-3,7,14-16,18H,4-6,8-12H2. The molecule has 1 atom stereocenters. The zero-order chi connectivity index (χ0) is 14.4.